The molecule has 0 spiro atoms. The van der Waals surface area contributed by atoms with Crippen molar-refractivity contribution in [3.8, 4) is 0 Å². The summed E-state index contributed by atoms with van der Waals surface area (Å²) in [7, 11) is 0. The van der Waals surface area contributed by atoms with Crippen molar-refractivity contribution in [1.29, 1.82) is 0 Å². The molecule has 0 fully saturated rings. The molecule has 48 heavy (non-hydrogen) atoms. The van der Waals surface area contributed by atoms with E-state index in [2.05, 4.69) is 38.2 Å². The van der Waals surface area contributed by atoms with Gasteiger partial charge >= 0.3 is 11.9 Å². The Bertz CT molecular complexity index is 731. The predicted octanol–water partition coefficient (Wildman–Crippen LogP) is 13.1. The highest BCUT2D eigenvalue weighted by Gasteiger charge is 2.16. The van der Waals surface area contributed by atoms with Gasteiger partial charge in [-0.15, -0.1) is 0 Å². The fraction of sp³-hybridized carbons (Fsp3) is 0.860. The Morgan fingerprint density at radius 1 is 0.458 bits per heavy atom. The van der Waals surface area contributed by atoms with Crippen LogP contribution in [0.1, 0.15) is 219 Å². The van der Waals surface area contributed by atoms with E-state index in [1.54, 1.807) is 0 Å². The van der Waals surface area contributed by atoms with Gasteiger partial charge in [-0.3, -0.25) is 9.59 Å². The van der Waals surface area contributed by atoms with Gasteiger partial charge in [-0.25, -0.2) is 0 Å². The minimum absolute atomic E-state index is 0.0668. The van der Waals surface area contributed by atoms with E-state index in [4.69, 9.17) is 9.47 Å². The Kier molecular flexibility index (Phi) is 38.5. The number of carbonyl (C=O) groups is 2. The van der Waals surface area contributed by atoms with E-state index in [-0.39, 0.29) is 25.2 Å². The van der Waals surface area contributed by atoms with Crippen LogP contribution in [0.2, 0.25) is 0 Å². The zero-order chi connectivity index (χ0) is 35.0. The molecule has 0 saturated heterocycles. The molecule has 0 bridgehead atoms. The standard InChI is InChI=1S/C43H80O5/c1-3-5-7-9-11-13-15-17-19-21-23-25-27-29-31-33-35-37-42(45)47-40-41(39-44)48-43(46)38-36-34-32-30-28-26-24-22-20-18-16-14-12-10-8-6-4-2/h17-20,41,44H,3-16,21-40H2,1-2H3/b19-17-,20-18-/t41-/m0/s1. The number of esters is 2. The number of hydrogen-bond acceptors (Lipinski definition) is 5. The highest BCUT2D eigenvalue weighted by molar-refractivity contribution is 5.70. The minimum Gasteiger partial charge on any atom is -0.462 e. The first-order valence-electron chi connectivity index (χ1n) is 20.9. The number of rotatable bonds is 38. The second kappa shape index (κ2) is 39.8. The monoisotopic (exact) mass is 677 g/mol. The average Bonchev–Trinajstić information content (AvgIpc) is 3.09. The summed E-state index contributed by atoms with van der Waals surface area (Å²) in [6, 6.07) is 0. The van der Waals surface area contributed by atoms with E-state index in [1.165, 1.54) is 154 Å². The number of aliphatic hydroxyl groups excluding tert-OH is 1. The number of hydrogen-bond donors (Lipinski definition) is 1. The molecule has 5 heteroatoms. The Balaban J connectivity index is 3.53. The molecule has 5 nitrogen and oxygen atoms in total. The maximum absolute atomic E-state index is 12.2. The molecule has 1 atom stereocenters. The Morgan fingerprint density at radius 2 is 0.771 bits per heavy atom. The lowest BCUT2D eigenvalue weighted by Gasteiger charge is -2.15. The van der Waals surface area contributed by atoms with Crippen LogP contribution in [0, 0.1) is 0 Å². The zero-order valence-electron chi connectivity index (χ0n) is 32.0. The molecular formula is C43H80O5. The van der Waals surface area contributed by atoms with Crippen LogP contribution in [0.15, 0.2) is 24.3 Å². The molecule has 0 aliphatic carbocycles. The molecule has 0 aromatic carbocycles. The van der Waals surface area contributed by atoms with Crippen molar-refractivity contribution in [2.45, 2.75) is 225 Å². The van der Waals surface area contributed by atoms with E-state index >= 15 is 0 Å². The molecule has 0 aliphatic rings. The molecule has 0 aromatic heterocycles. The fourth-order valence-electron chi connectivity index (χ4n) is 6.01. The first-order valence-corrected chi connectivity index (χ1v) is 20.9. The van der Waals surface area contributed by atoms with Gasteiger partial charge in [0.2, 0.25) is 0 Å². The summed E-state index contributed by atoms with van der Waals surface area (Å²) in [5, 5.41) is 9.56. The van der Waals surface area contributed by atoms with Gasteiger partial charge in [-0.05, 0) is 64.2 Å². The van der Waals surface area contributed by atoms with Gasteiger partial charge in [0.1, 0.15) is 6.61 Å². The highest BCUT2D eigenvalue weighted by atomic mass is 16.6. The van der Waals surface area contributed by atoms with E-state index < -0.39 is 6.10 Å². The maximum Gasteiger partial charge on any atom is 0.306 e. The van der Waals surface area contributed by atoms with Crippen molar-refractivity contribution < 1.29 is 24.2 Å². The molecule has 0 amide bonds. The molecule has 0 rings (SSSR count). The topological polar surface area (TPSA) is 72.8 Å². The van der Waals surface area contributed by atoms with Crippen LogP contribution in [0.3, 0.4) is 0 Å². The van der Waals surface area contributed by atoms with Crippen LogP contribution >= 0.6 is 0 Å². The van der Waals surface area contributed by atoms with E-state index in [0.717, 1.165) is 38.5 Å². The summed E-state index contributed by atoms with van der Waals surface area (Å²) in [6.45, 7) is 4.13. The Labute approximate surface area is 298 Å². The maximum atomic E-state index is 12.2. The summed E-state index contributed by atoms with van der Waals surface area (Å²) < 4.78 is 10.6. The molecule has 0 unspecified atom stereocenters. The molecule has 0 heterocycles. The summed E-state index contributed by atoms with van der Waals surface area (Å²) in [5.41, 5.74) is 0. The zero-order valence-corrected chi connectivity index (χ0v) is 32.0. The lowest BCUT2D eigenvalue weighted by molar-refractivity contribution is -0.161. The van der Waals surface area contributed by atoms with Crippen molar-refractivity contribution in [2.75, 3.05) is 13.2 Å². The van der Waals surface area contributed by atoms with Crippen molar-refractivity contribution in [2.24, 2.45) is 0 Å². The van der Waals surface area contributed by atoms with Crippen LogP contribution in [0.5, 0.6) is 0 Å². The fourth-order valence-corrected chi connectivity index (χ4v) is 6.01. The van der Waals surface area contributed by atoms with E-state index in [0.29, 0.717) is 12.8 Å². The molecule has 0 aromatic rings. The number of unbranched alkanes of at least 4 members (excludes halogenated alkanes) is 26. The smallest absolute Gasteiger partial charge is 0.306 e. The lowest BCUT2D eigenvalue weighted by atomic mass is 10.1. The molecular weight excluding hydrogens is 596 g/mol. The molecule has 282 valence electrons. The SMILES string of the molecule is CCCCCCCC/C=C\CCCCCCCCCC(=O)OC[C@H](CO)OC(=O)CCCCCCCCC/C=C\CCCCCCCC. The average molecular weight is 677 g/mol. The van der Waals surface area contributed by atoms with Crippen LogP contribution in [0.25, 0.3) is 0 Å². The van der Waals surface area contributed by atoms with Gasteiger partial charge in [0.05, 0.1) is 6.61 Å². The van der Waals surface area contributed by atoms with Gasteiger partial charge in [-0.1, -0.05) is 167 Å². The predicted molar refractivity (Wildman–Crippen MR) is 205 cm³/mol. The van der Waals surface area contributed by atoms with Crippen LogP contribution in [0.4, 0.5) is 0 Å². The number of aliphatic hydroxyl groups is 1. The Morgan fingerprint density at radius 3 is 1.12 bits per heavy atom. The van der Waals surface area contributed by atoms with Crippen LogP contribution in [-0.4, -0.2) is 36.4 Å². The van der Waals surface area contributed by atoms with Crippen LogP contribution in [-0.2, 0) is 19.1 Å². The molecule has 0 radical (unpaired) electrons. The Hall–Kier alpha value is -1.62. The third-order valence-corrected chi connectivity index (χ3v) is 9.22. The van der Waals surface area contributed by atoms with Gasteiger partial charge in [0.15, 0.2) is 6.10 Å². The largest absolute Gasteiger partial charge is 0.462 e. The van der Waals surface area contributed by atoms with Gasteiger partial charge in [-0.2, -0.15) is 0 Å². The van der Waals surface area contributed by atoms with Crippen molar-refractivity contribution in [1.82, 2.24) is 0 Å². The highest BCUT2D eigenvalue weighted by Crippen LogP contribution is 2.14. The number of allylic oxidation sites excluding steroid dienone is 4. The second-order valence-corrected chi connectivity index (χ2v) is 14.1. The van der Waals surface area contributed by atoms with Crippen molar-refractivity contribution >= 4 is 11.9 Å². The number of ether oxygens (including phenoxy) is 2. The third-order valence-electron chi connectivity index (χ3n) is 9.22. The second-order valence-electron chi connectivity index (χ2n) is 14.1. The first-order chi connectivity index (χ1) is 23.6. The summed E-state index contributed by atoms with van der Waals surface area (Å²) in [6.07, 6.45) is 46.7. The lowest BCUT2D eigenvalue weighted by Crippen LogP contribution is -2.28. The van der Waals surface area contributed by atoms with Crippen molar-refractivity contribution in [3.63, 3.8) is 0 Å². The first kappa shape index (κ1) is 46.4. The summed E-state index contributed by atoms with van der Waals surface area (Å²) in [5.74, 6) is -0.594. The normalized spacial score (nSPS) is 12.3. The molecule has 1 N–H and O–H groups in total. The number of carbonyl (C=O) groups excluding carboxylic acids is 2. The third kappa shape index (κ3) is 37.2. The minimum atomic E-state index is -0.772. The van der Waals surface area contributed by atoms with Gasteiger partial charge in [0.25, 0.3) is 0 Å². The van der Waals surface area contributed by atoms with E-state index in [1.807, 2.05) is 0 Å². The molecule has 0 aliphatic heterocycles. The van der Waals surface area contributed by atoms with Crippen LogP contribution < -0.4 is 0 Å². The quantitative estimate of drug-likeness (QED) is 0.0400. The molecule has 0 saturated carbocycles. The van der Waals surface area contributed by atoms with E-state index in [9.17, 15) is 14.7 Å². The van der Waals surface area contributed by atoms with Crippen molar-refractivity contribution in [3.05, 3.63) is 24.3 Å². The van der Waals surface area contributed by atoms with Gasteiger partial charge in [0, 0.05) is 12.8 Å². The summed E-state index contributed by atoms with van der Waals surface area (Å²) in [4.78, 5) is 24.3. The summed E-state index contributed by atoms with van der Waals surface area (Å²) >= 11 is 0. The van der Waals surface area contributed by atoms with Gasteiger partial charge < -0.3 is 14.6 Å².